The monoisotopic (exact) mass is 423 g/mol. The highest BCUT2D eigenvalue weighted by Crippen LogP contribution is 2.33. The van der Waals surface area contributed by atoms with E-state index in [0.29, 0.717) is 30.4 Å². The molecule has 2 aliphatic rings. The zero-order chi connectivity index (χ0) is 20.5. The minimum Gasteiger partial charge on any atom is -0.354 e. The maximum absolute atomic E-state index is 12.8. The van der Waals surface area contributed by atoms with E-state index in [2.05, 4.69) is 25.3 Å². The highest BCUT2D eigenvalue weighted by Gasteiger charge is 2.31. The van der Waals surface area contributed by atoms with Crippen LogP contribution in [0.4, 0.5) is 0 Å². The Hall–Kier alpha value is -3.01. The lowest BCUT2D eigenvalue weighted by Gasteiger charge is -2.15. The Morgan fingerprint density at radius 2 is 2.17 bits per heavy atom. The number of nitrogens with one attached hydrogen (secondary N) is 1. The molecule has 1 amide bonds. The molecule has 0 unspecified atom stereocenters. The van der Waals surface area contributed by atoms with Crippen LogP contribution < -0.4 is 10.9 Å². The molecule has 1 atom stereocenters. The third kappa shape index (κ3) is 3.51. The second kappa shape index (κ2) is 8.02. The lowest BCUT2D eigenvalue weighted by Crippen LogP contribution is -2.33. The van der Waals surface area contributed by atoms with Gasteiger partial charge in [0, 0.05) is 55.6 Å². The SMILES string of the molecule is O=C(C[C@@H]1CSc2nc3c(c(=O)n21)CCC3)NCCn1ccnc1-c1cnccn1. The van der Waals surface area contributed by atoms with Gasteiger partial charge in [0.05, 0.1) is 17.9 Å². The molecule has 0 fully saturated rings. The zero-order valence-corrected chi connectivity index (χ0v) is 17.1. The average molecular weight is 424 g/mol. The van der Waals surface area contributed by atoms with E-state index in [1.807, 2.05) is 10.8 Å². The molecule has 154 valence electrons. The van der Waals surface area contributed by atoms with E-state index >= 15 is 0 Å². The van der Waals surface area contributed by atoms with Gasteiger partial charge in [0.25, 0.3) is 5.56 Å². The molecule has 3 aromatic rings. The maximum Gasteiger partial charge on any atom is 0.257 e. The molecule has 1 aliphatic heterocycles. The van der Waals surface area contributed by atoms with Gasteiger partial charge in [-0.15, -0.1) is 0 Å². The average Bonchev–Trinajstić information content (AvgIpc) is 3.49. The van der Waals surface area contributed by atoms with Crippen molar-refractivity contribution in [3.8, 4) is 11.5 Å². The topological polar surface area (TPSA) is 108 Å². The normalized spacial score (nSPS) is 17.0. The molecule has 3 aromatic heterocycles. The van der Waals surface area contributed by atoms with Crippen LogP contribution in [0, 0.1) is 0 Å². The summed E-state index contributed by atoms with van der Waals surface area (Å²) in [4.78, 5) is 42.7. The van der Waals surface area contributed by atoms with Crippen LogP contribution in [0.15, 0.2) is 40.9 Å². The molecular formula is C20H21N7O2S. The van der Waals surface area contributed by atoms with Crippen LogP contribution in [0.25, 0.3) is 11.5 Å². The quantitative estimate of drug-likeness (QED) is 0.594. The highest BCUT2D eigenvalue weighted by molar-refractivity contribution is 7.99. The van der Waals surface area contributed by atoms with Gasteiger partial charge in [-0.2, -0.15) is 0 Å². The molecular weight excluding hydrogens is 402 g/mol. The fourth-order valence-corrected chi connectivity index (χ4v) is 5.20. The summed E-state index contributed by atoms with van der Waals surface area (Å²) < 4.78 is 3.67. The number of carbonyl (C=O) groups is 1. The summed E-state index contributed by atoms with van der Waals surface area (Å²) in [6.07, 6.45) is 11.4. The molecule has 5 rings (SSSR count). The molecule has 1 N–H and O–H groups in total. The van der Waals surface area contributed by atoms with Crippen LogP contribution in [0.5, 0.6) is 0 Å². The summed E-state index contributed by atoms with van der Waals surface area (Å²) in [6.45, 7) is 1.04. The van der Waals surface area contributed by atoms with Crippen molar-refractivity contribution in [3.05, 3.63) is 52.6 Å². The number of aromatic nitrogens is 6. The van der Waals surface area contributed by atoms with E-state index in [4.69, 9.17) is 0 Å². The van der Waals surface area contributed by atoms with Crippen molar-refractivity contribution in [1.29, 1.82) is 0 Å². The van der Waals surface area contributed by atoms with Gasteiger partial charge < -0.3 is 9.88 Å². The van der Waals surface area contributed by atoms with Crippen LogP contribution >= 0.6 is 11.8 Å². The minimum atomic E-state index is -0.140. The van der Waals surface area contributed by atoms with Crippen molar-refractivity contribution < 1.29 is 4.79 Å². The van der Waals surface area contributed by atoms with E-state index in [1.54, 1.807) is 41.1 Å². The molecule has 4 heterocycles. The number of imidazole rings is 1. The molecule has 9 nitrogen and oxygen atoms in total. The number of hydrogen-bond donors (Lipinski definition) is 1. The molecule has 10 heteroatoms. The van der Waals surface area contributed by atoms with Crippen LogP contribution in [0.1, 0.15) is 30.1 Å². The second-order valence-electron chi connectivity index (χ2n) is 7.40. The van der Waals surface area contributed by atoms with Gasteiger partial charge >= 0.3 is 0 Å². The Bertz CT molecular complexity index is 1140. The molecule has 30 heavy (non-hydrogen) atoms. The highest BCUT2D eigenvalue weighted by atomic mass is 32.2. The summed E-state index contributed by atoms with van der Waals surface area (Å²) in [5.74, 6) is 1.35. The predicted octanol–water partition coefficient (Wildman–Crippen LogP) is 1.24. The molecule has 0 aromatic carbocycles. The van der Waals surface area contributed by atoms with Gasteiger partial charge in [-0.1, -0.05) is 11.8 Å². The van der Waals surface area contributed by atoms with Crippen LogP contribution in [0.3, 0.4) is 0 Å². The van der Waals surface area contributed by atoms with E-state index in [1.165, 1.54) is 0 Å². The number of rotatable bonds is 6. The smallest absolute Gasteiger partial charge is 0.257 e. The van der Waals surface area contributed by atoms with Crippen LogP contribution in [-0.2, 0) is 24.2 Å². The second-order valence-corrected chi connectivity index (χ2v) is 8.39. The van der Waals surface area contributed by atoms with E-state index in [0.717, 1.165) is 35.7 Å². The number of fused-ring (bicyclic) bond motifs is 2. The molecule has 0 radical (unpaired) electrons. The number of nitrogens with zero attached hydrogens (tertiary/aromatic N) is 6. The lowest BCUT2D eigenvalue weighted by molar-refractivity contribution is -0.121. The van der Waals surface area contributed by atoms with Gasteiger partial charge in [0.15, 0.2) is 11.0 Å². The molecule has 0 bridgehead atoms. The lowest BCUT2D eigenvalue weighted by atomic mass is 10.2. The molecule has 0 saturated heterocycles. The van der Waals surface area contributed by atoms with E-state index < -0.39 is 0 Å². The van der Waals surface area contributed by atoms with Crippen molar-refractivity contribution in [1.82, 2.24) is 34.4 Å². The number of hydrogen-bond acceptors (Lipinski definition) is 7. The Kier molecular flexibility index (Phi) is 5.07. The van der Waals surface area contributed by atoms with E-state index in [9.17, 15) is 9.59 Å². The number of aryl methyl sites for hydroxylation is 1. The van der Waals surface area contributed by atoms with Gasteiger partial charge in [-0.3, -0.25) is 19.1 Å². The third-order valence-electron chi connectivity index (χ3n) is 5.48. The first-order valence-corrected chi connectivity index (χ1v) is 11.0. The Balaban J connectivity index is 1.20. The van der Waals surface area contributed by atoms with Crippen molar-refractivity contribution in [3.63, 3.8) is 0 Å². The fraction of sp³-hybridized carbons (Fsp3) is 0.400. The first-order valence-electron chi connectivity index (χ1n) is 10.0. The zero-order valence-electron chi connectivity index (χ0n) is 16.3. The van der Waals surface area contributed by atoms with Gasteiger partial charge in [0.2, 0.25) is 5.91 Å². The van der Waals surface area contributed by atoms with Crippen molar-refractivity contribution >= 4 is 17.7 Å². The summed E-state index contributed by atoms with van der Waals surface area (Å²) in [5.41, 5.74) is 2.52. The summed E-state index contributed by atoms with van der Waals surface area (Å²) in [5, 5.41) is 3.72. The molecule has 0 saturated carbocycles. The van der Waals surface area contributed by atoms with Gasteiger partial charge in [0.1, 0.15) is 5.69 Å². The summed E-state index contributed by atoms with van der Waals surface area (Å²) >= 11 is 1.57. The maximum atomic E-state index is 12.8. The number of amides is 1. The van der Waals surface area contributed by atoms with Crippen molar-refractivity contribution in [2.24, 2.45) is 0 Å². The largest absolute Gasteiger partial charge is 0.354 e. The van der Waals surface area contributed by atoms with Crippen molar-refractivity contribution in [2.75, 3.05) is 12.3 Å². The summed E-state index contributed by atoms with van der Waals surface area (Å²) in [7, 11) is 0. The molecule has 0 spiro atoms. The van der Waals surface area contributed by atoms with Gasteiger partial charge in [-0.25, -0.2) is 15.0 Å². The van der Waals surface area contributed by atoms with Crippen LogP contribution in [-0.4, -0.2) is 47.3 Å². The Morgan fingerprint density at radius 1 is 1.23 bits per heavy atom. The predicted molar refractivity (Wildman–Crippen MR) is 111 cm³/mol. The summed E-state index contributed by atoms with van der Waals surface area (Å²) in [6, 6.07) is -0.140. The van der Waals surface area contributed by atoms with Crippen LogP contribution in [0.2, 0.25) is 0 Å². The minimum absolute atomic E-state index is 0.0438. The molecule has 1 aliphatic carbocycles. The third-order valence-corrected chi connectivity index (χ3v) is 6.57. The Morgan fingerprint density at radius 3 is 3.03 bits per heavy atom. The Labute approximate surface area is 177 Å². The van der Waals surface area contributed by atoms with Crippen molar-refractivity contribution in [2.45, 2.75) is 43.4 Å². The first-order chi connectivity index (χ1) is 14.7. The standard InChI is InChI=1S/C20H21N7O2S/c28-17(23-6-8-26-9-7-24-18(26)16-11-21-4-5-22-16)10-13-12-30-20-25-15-3-1-2-14(15)19(29)27(13)20/h4-5,7,9,11,13H,1-3,6,8,10,12H2,(H,23,28)/t13-/m1/s1. The number of thioether (sulfide) groups is 1. The fourth-order valence-electron chi connectivity index (χ4n) is 4.04. The first kappa shape index (κ1) is 19.0. The van der Waals surface area contributed by atoms with Gasteiger partial charge in [-0.05, 0) is 19.3 Å². The number of carbonyl (C=O) groups excluding carboxylic acids is 1. The van der Waals surface area contributed by atoms with E-state index in [-0.39, 0.29) is 23.9 Å².